The molecule has 0 saturated carbocycles. The molecule has 0 aliphatic carbocycles. The molecule has 7 nitrogen and oxygen atoms in total. The van der Waals surface area contributed by atoms with Gasteiger partial charge in [0.1, 0.15) is 23.3 Å². The number of hydrogen-bond acceptors (Lipinski definition) is 4. The predicted molar refractivity (Wildman–Crippen MR) is 127 cm³/mol. The normalized spacial score (nSPS) is 13.0. The van der Waals surface area contributed by atoms with Crippen LogP contribution in [-0.4, -0.2) is 27.4 Å². The van der Waals surface area contributed by atoms with E-state index in [0.717, 1.165) is 23.0 Å². The summed E-state index contributed by atoms with van der Waals surface area (Å²) in [6.45, 7) is 10.2. The van der Waals surface area contributed by atoms with Crippen molar-refractivity contribution in [1.29, 1.82) is 0 Å². The molecule has 0 spiro atoms. The highest BCUT2D eigenvalue weighted by atomic mass is 19.1. The average Bonchev–Trinajstić information content (AvgIpc) is 3.03. The summed E-state index contributed by atoms with van der Waals surface area (Å²) in [5.41, 5.74) is -0.384. The minimum Gasteiger partial charge on any atom is -0.444 e. The van der Waals surface area contributed by atoms with Crippen molar-refractivity contribution in [2.45, 2.75) is 58.6 Å². The SMILES string of the molecule is Cn1ncc2cc([C@@H](NC(=O)OC(C)(C)C)C(=O)Nc3cc(F)c(C(C)(C)C)c(F)c3)ccc21. The standard InChI is InChI=1S/C25H30F2N4O3/c1-24(2,3)20-17(26)11-16(12-18(20)27)29-22(32)21(30-23(33)34-25(4,5)6)14-8-9-19-15(10-14)13-28-31(19)7/h8-13,21H,1-7H3,(H,29,32)(H,30,33)/t21-/m1/s1. The van der Waals surface area contributed by atoms with Gasteiger partial charge in [0.15, 0.2) is 0 Å². The van der Waals surface area contributed by atoms with E-state index in [4.69, 9.17) is 4.74 Å². The first-order chi connectivity index (χ1) is 15.7. The van der Waals surface area contributed by atoms with Crippen LogP contribution in [-0.2, 0) is 22.0 Å². The number of nitrogens with one attached hydrogen (secondary N) is 2. The van der Waals surface area contributed by atoms with Crippen LogP contribution in [0.3, 0.4) is 0 Å². The number of fused-ring (bicyclic) bond motifs is 1. The number of alkyl carbamates (subject to hydrolysis) is 1. The first-order valence-corrected chi connectivity index (χ1v) is 10.9. The van der Waals surface area contributed by atoms with Crippen LogP contribution in [0.5, 0.6) is 0 Å². The molecule has 0 saturated heterocycles. The summed E-state index contributed by atoms with van der Waals surface area (Å²) < 4.78 is 36.3. The topological polar surface area (TPSA) is 85.2 Å². The van der Waals surface area contributed by atoms with Crippen LogP contribution in [0.2, 0.25) is 0 Å². The van der Waals surface area contributed by atoms with Crippen molar-refractivity contribution in [3.05, 3.63) is 59.3 Å². The molecule has 2 N–H and O–H groups in total. The number of nitrogens with zero attached hydrogens (tertiary/aromatic N) is 2. The Morgan fingerprint density at radius 2 is 1.65 bits per heavy atom. The van der Waals surface area contributed by atoms with E-state index in [2.05, 4.69) is 15.7 Å². The average molecular weight is 473 g/mol. The Hall–Kier alpha value is -3.49. The fourth-order valence-electron chi connectivity index (χ4n) is 3.66. The summed E-state index contributed by atoms with van der Waals surface area (Å²) in [6, 6.07) is 6.11. The van der Waals surface area contributed by atoms with Gasteiger partial charge in [0.2, 0.25) is 0 Å². The molecule has 2 aromatic carbocycles. The van der Waals surface area contributed by atoms with Crippen molar-refractivity contribution in [2.24, 2.45) is 7.05 Å². The number of benzene rings is 2. The van der Waals surface area contributed by atoms with Crippen LogP contribution in [0.15, 0.2) is 36.5 Å². The Kier molecular flexibility index (Phi) is 6.68. The Balaban J connectivity index is 1.95. The summed E-state index contributed by atoms with van der Waals surface area (Å²) in [6.07, 6.45) is 0.830. The van der Waals surface area contributed by atoms with Crippen molar-refractivity contribution in [3.8, 4) is 0 Å². The van der Waals surface area contributed by atoms with Gasteiger partial charge in [0, 0.05) is 23.7 Å². The number of ether oxygens (including phenoxy) is 1. The molecule has 0 bridgehead atoms. The number of amides is 2. The number of aromatic nitrogens is 2. The monoisotopic (exact) mass is 472 g/mol. The predicted octanol–water partition coefficient (Wildman–Crippen LogP) is 5.35. The molecule has 9 heteroatoms. The lowest BCUT2D eigenvalue weighted by Crippen LogP contribution is -2.40. The Bertz CT molecular complexity index is 1220. The second kappa shape index (κ2) is 9.04. The Morgan fingerprint density at radius 1 is 1.03 bits per heavy atom. The Labute approximate surface area is 197 Å². The third kappa shape index (κ3) is 5.70. The number of halogens is 2. The first-order valence-electron chi connectivity index (χ1n) is 10.9. The van der Waals surface area contributed by atoms with Gasteiger partial charge in [-0.3, -0.25) is 9.48 Å². The van der Waals surface area contributed by atoms with E-state index in [1.165, 1.54) is 0 Å². The van der Waals surface area contributed by atoms with Gasteiger partial charge in [-0.25, -0.2) is 13.6 Å². The van der Waals surface area contributed by atoms with Crippen LogP contribution in [0, 0.1) is 11.6 Å². The van der Waals surface area contributed by atoms with Gasteiger partial charge in [-0.05, 0) is 56.0 Å². The van der Waals surface area contributed by atoms with Gasteiger partial charge in [-0.2, -0.15) is 5.10 Å². The third-order valence-corrected chi connectivity index (χ3v) is 5.09. The maximum absolute atomic E-state index is 14.7. The molecular weight excluding hydrogens is 442 g/mol. The number of aryl methyl sites for hydroxylation is 1. The van der Waals surface area contributed by atoms with Gasteiger partial charge in [-0.15, -0.1) is 0 Å². The summed E-state index contributed by atoms with van der Waals surface area (Å²) in [5.74, 6) is -2.22. The van der Waals surface area contributed by atoms with E-state index in [1.807, 2.05) is 0 Å². The van der Waals surface area contributed by atoms with Gasteiger partial charge in [-0.1, -0.05) is 26.8 Å². The highest BCUT2D eigenvalue weighted by Crippen LogP contribution is 2.30. The molecule has 0 aliphatic rings. The van der Waals surface area contributed by atoms with Crippen molar-refractivity contribution in [3.63, 3.8) is 0 Å². The maximum Gasteiger partial charge on any atom is 0.408 e. The van der Waals surface area contributed by atoms with Crippen LogP contribution in [0.25, 0.3) is 10.9 Å². The molecule has 0 fully saturated rings. The van der Waals surface area contributed by atoms with Crippen LogP contribution in [0.1, 0.15) is 58.7 Å². The van der Waals surface area contributed by atoms with E-state index in [1.54, 1.807) is 77.7 Å². The highest BCUT2D eigenvalue weighted by Gasteiger charge is 2.28. The van der Waals surface area contributed by atoms with Gasteiger partial charge < -0.3 is 15.4 Å². The number of carbonyl (C=O) groups is 2. The minimum atomic E-state index is -1.19. The third-order valence-electron chi connectivity index (χ3n) is 5.09. The summed E-state index contributed by atoms with van der Waals surface area (Å²) in [7, 11) is 1.79. The summed E-state index contributed by atoms with van der Waals surface area (Å²) in [5, 5.41) is 10.0. The van der Waals surface area contributed by atoms with Crippen LogP contribution < -0.4 is 10.6 Å². The quantitative estimate of drug-likeness (QED) is 0.536. The molecule has 182 valence electrons. The molecule has 0 radical (unpaired) electrons. The zero-order chi connectivity index (χ0) is 25.4. The molecule has 3 rings (SSSR count). The lowest BCUT2D eigenvalue weighted by atomic mass is 9.86. The zero-order valence-electron chi connectivity index (χ0n) is 20.4. The molecule has 1 heterocycles. The van der Waals surface area contributed by atoms with Crippen LogP contribution >= 0.6 is 0 Å². The lowest BCUT2D eigenvalue weighted by molar-refractivity contribution is -0.118. The van der Waals surface area contributed by atoms with Crippen molar-refractivity contribution < 1.29 is 23.1 Å². The van der Waals surface area contributed by atoms with E-state index >= 15 is 0 Å². The summed E-state index contributed by atoms with van der Waals surface area (Å²) in [4.78, 5) is 25.7. The van der Waals surface area contributed by atoms with E-state index in [9.17, 15) is 18.4 Å². The largest absolute Gasteiger partial charge is 0.444 e. The maximum atomic E-state index is 14.7. The number of carbonyl (C=O) groups excluding carboxylic acids is 2. The van der Waals surface area contributed by atoms with Gasteiger partial charge in [0.05, 0.1) is 11.7 Å². The first kappa shape index (κ1) is 25.1. The molecule has 1 aromatic heterocycles. The molecule has 0 unspecified atom stereocenters. The molecular formula is C25H30F2N4O3. The van der Waals surface area contributed by atoms with Crippen molar-refractivity contribution in [1.82, 2.24) is 15.1 Å². The number of hydrogen-bond donors (Lipinski definition) is 2. The van der Waals surface area contributed by atoms with Gasteiger partial charge >= 0.3 is 6.09 Å². The van der Waals surface area contributed by atoms with E-state index in [0.29, 0.717) is 5.56 Å². The number of anilines is 1. The van der Waals surface area contributed by atoms with E-state index in [-0.39, 0.29) is 11.3 Å². The summed E-state index contributed by atoms with van der Waals surface area (Å²) >= 11 is 0. The molecule has 2 amide bonds. The minimum absolute atomic E-state index is 0.0635. The Morgan fingerprint density at radius 3 is 2.21 bits per heavy atom. The van der Waals surface area contributed by atoms with E-state index < -0.39 is 40.7 Å². The zero-order valence-corrected chi connectivity index (χ0v) is 20.4. The molecule has 0 aliphatic heterocycles. The lowest BCUT2D eigenvalue weighted by Gasteiger charge is -2.24. The molecule has 1 atom stereocenters. The fourth-order valence-corrected chi connectivity index (χ4v) is 3.66. The highest BCUT2D eigenvalue weighted by molar-refractivity contribution is 5.98. The van der Waals surface area contributed by atoms with Crippen molar-refractivity contribution in [2.75, 3.05) is 5.32 Å². The van der Waals surface area contributed by atoms with Crippen LogP contribution in [0.4, 0.5) is 19.3 Å². The molecule has 34 heavy (non-hydrogen) atoms. The molecule has 3 aromatic rings. The second-order valence-corrected chi connectivity index (χ2v) is 10.2. The fraction of sp³-hybridized carbons (Fsp3) is 0.400. The van der Waals surface area contributed by atoms with Crippen molar-refractivity contribution >= 4 is 28.6 Å². The number of rotatable bonds is 4. The second-order valence-electron chi connectivity index (χ2n) is 10.2. The van der Waals surface area contributed by atoms with Gasteiger partial charge in [0.25, 0.3) is 5.91 Å². The smallest absolute Gasteiger partial charge is 0.408 e.